The zero-order valence-corrected chi connectivity index (χ0v) is 14.3. The van der Waals surface area contributed by atoms with Crippen molar-refractivity contribution in [3.05, 3.63) is 28.8 Å². The second kappa shape index (κ2) is 10.9. The molecule has 0 aromatic heterocycles. The first-order chi connectivity index (χ1) is 10.2. The van der Waals surface area contributed by atoms with Crippen LogP contribution in [0.2, 0.25) is 5.02 Å². The van der Waals surface area contributed by atoms with Gasteiger partial charge in [0.2, 0.25) is 0 Å². The molecule has 0 amide bonds. The van der Waals surface area contributed by atoms with Gasteiger partial charge >= 0.3 is 0 Å². The molecule has 0 saturated carbocycles. The van der Waals surface area contributed by atoms with Crippen LogP contribution in [-0.4, -0.2) is 12.6 Å². The van der Waals surface area contributed by atoms with Crippen molar-refractivity contribution >= 4 is 11.6 Å². The summed E-state index contributed by atoms with van der Waals surface area (Å²) in [4.78, 5) is 0. The fourth-order valence-electron chi connectivity index (χ4n) is 2.34. The van der Waals surface area contributed by atoms with Crippen molar-refractivity contribution in [3.63, 3.8) is 0 Å². The highest BCUT2D eigenvalue weighted by atomic mass is 35.5. The Balaban J connectivity index is 2.41. The van der Waals surface area contributed by atoms with E-state index in [9.17, 15) is 0 Å². The lowest BCUT2D eigenvalue weighted by Gasteiger charge is -2.15. The third-order valence-corrected chi connectivity index (χ3v) is 4.18. The third-order valence-electron chi connectivity index (χ3n) is 3.82. The van der Waals surface area contributed by atoms with Gasteiger partial charge in [0.25, 0.3) is 0 Å². The first kappa shape index (κ1) is 18.3. The number of rotatable bonds is 11. The van der Waals surface area contributed by atoms with Crippen LogP contribution in [0.25, 0.3) is 0 Å². The molecule has 1 aromatic rings. The SMILES string of the molecule is CCCCCCCCOc1cccc(Cl)c1CC(N)CC. The van der Waals surface area contributed by atoms with Gasteiger partial charge in [-0.05, 0) is 31.4 Å². The summed E-state index contributed by atoms with van der Waals surface area (Å²) in [5.74, 6) is 0.903. The molecule has 120 valence electrons. The van der Waals surface area contributed by atoms with Gasteiger partial charge in [-0.15, -0.1) is 0 Å². The van der Waals surface area contributed by atoms with Crippen molar-refractivity contribution < 1.29 is 4.74 Å². The zero-order valence-electron chi connectivity index (χ0n) is 13.5. The van der Waals surface area contributed by atoms with E-state index in [1.165, 1.54) is 32.1 Å². The van der Waals surface area contributed by atoms with E-state index < -0.39 is 0 Å². The minimum atomic E-state index is 0.140. The first-order valence-corrected chi connectivity index (χ1v) is 8.72. The van der Waals surface area contributed by atoms with Crippen molar-refractivity contribution in [3.8, 4) is 5.75 Å². The second-order valence-electron chi connectivity index (χ2n) is 5.71. The van der Waals surface area contributed by atoms with E-state index in [1.54, 1.807) is 0 Å². The summed E-state index contributed by atoms with van der Waals surface area (Å²) in [7, 11) is 0. The number of nitrogens with two attached hydrogens (primary N) is 1. The van der Waals surface area contributed by atoms with Crippen molar-refractivity contribution in [2.75, 3.05) is 6.61 Å². The summed E-state index contributed by atoms with van der Waals surface area (Å²) < 4.78 is 5.93. The lowest BCUT2D eigenvalue weighted by Crippen LogP contribution is -2.22. The van der Waals surface area contributed by atoms with Gasteiger partial charge in [-0.1, -0.05) is 63.6 Å². The van der Waals surface area contributed by atoms with Crippen LogP contribution in [0.4, 0.5) is 0 Å². The van der Waals surface area contributed by atoms with E-state index in [1.807, 2.05) is 18.2 Å². The molecule has 0 aliphatic carbocycles. The summed E-state index contributed by atoms with van der Waals surface area (Å²) in [6.45, 7) is 5.10. The lowest BCUT2D eigenvalue weighted by molar-refractivity contribution is 0.300. The zero-order chi connectivity index (χ0) is 15.5. The minimum Gasteiger partial charge on any atom is -0.493 e. The van der Waals surface area contributed by atoms with Gasteiger partial charge in [0, 0.05) is 16.6 Å². The Hall–Kier alpha value is -0.730. The lowest BCUT2D eigenvalue weighted by atomic mass is 10.0. The Labute approximate surface area is 135 Å². The number of unbranched alkanes of at least 4 members (excludes halogenated alkanes) is 5. The number of benzene rings is 1. The maximum Gasteiger partial charge on any atom is 0.124 e. The average Bonchev–Trinajstić information content (AvgIpc) is 2.49. The van der Waals surface area contributed by atoms with Gasteiger partial charge < -0.3 is 10.5 Å². The molecule has 1 atom stereocenters. The van der Waals surface area contributed by atoms with E-state index in [4.69, 9.17) is 22.1 Å². The van der Waals surface area contributed by atoms with Gasteiger partial charge in [0.15, 0.2) is 0 Å². The van der Waals surface area contributed by atoms with E-state index in [0.717, 1.165) is 42.2 Å². The quantitative estimate of drug-likeness (QED) is 0.558. The molecule has 0 radical (unpaired) electrons. The summed E-state index contributed by atoms with van der Waals surface area (Å²) in [6.07, 6.45) is 9.35. The van der Waals surface area contributed by atoms with Crippen molar-refractivity contribution in [1.29, 1.82) is 0 Å². The number of hydrogen-bond acceptors (Lipinski definition) is 2. The predicted molar refractivity (Wildman–Crippen MR) is 92.3 cm³/mol. The third kappa shape index (κ3) is 7.19. The molecule has 0 aliphatic heterocycles. The Morgan fingerprint density at radius 1 is 1.10 bits per heavy atom. The molecule has 1 unspecified atom stereocenters. The Morgan fingerprint density at radius 2 is 1.81 bits per heavy atom. The number of hydrogen-bond donors (Lipinski definition) is 1. The molecule has 3 heteroatoms. The molecule has 1 rings (SSSR count). The highest BCUT2D eigenvalue weighted by Gasteiger charge is 2.11. The molecule has 0 heterocycles. The topological polar surface area (TPSA) is 35.2 Å². The molecule has 0 fully saturated rings. The average molecular weight is 312 g/mol. The molecule has 2 nitrogen and oxygen atoms in total. The standard InChI is InChI=1S/C18H30ClNO/c1-3-5-6-7-8-9-13-21-18-12-10-11-17(19)16(18)14-15(20)4-2/h10-12,15H,3-9,13-14,20H2,1-2H3. The summed E-state index contributed by atoms with van der Waals surface area (Å²) in [5, 5.41) is 0.763. The predicted octanol–water partition coefficient (Wildman–Crippen LogP) is 5.36. The Bertz CT molecular complexity index is 395. The number of ether oxygens (including phenoxy) is 1. The molecule has 1 aromatic carbocycles. The largest absolute Gasteiger partial charge is 0.493 e. The van der Waals surface area contributed by atoms with Gasteiger partial charge in [0.1, 0.15) is 5.75 Å². The molecule has 0 aliphatic rings. The van der Waals surface area contributed by atoms with Crippen LogP contribution < -0.4 is 10.5 Å². The molecule has 0 spiro atoms. The van der Waals surface area contributed by atoms with Crippen LogP contribution in [0.1, 0.15) is 64.4 Å². The molecule has 0 saturated heterocycles. The fraction of sp³-hybridized carbons (Fsp3) is 0.667. The van der Waals surface area contributed by atoms with E-state index in [0.29, 0.717) is 0 Å². The maximum atomic E-state index is 6.29. The summed E-state index contributed by atoms with van der Waals surface area (Å²) in [5.41, 5.74) is 7.11. The Morgan fingerprint density at radius 3 is 2.52 bits per heavy atom. The van der Waals surface area contributed by atoms with Gasteiger partial charge in [-0.3, -0.25) is 0 Å². The van der Waals surface area contributed by atoms with Gasteiger partial charge in [0.05, 0.1) is 6.61 Å². The van der Waals surface area contributed by atoms with Crippen LogP contribution >= 0.6 is 11.6 Å². The molecule has 2 N–H and O–H groups in total. The molecule has 21 heavy (non-hydrogen) atoms. The second-order valence-corrected chi connectivity index (χ2v) is 6.11. The normalized spacial score (nSPS) is 12.4. The van der Waals surface area contributed by atoms with Crippen molar-refractivity contribution in [2.24, 2.45) is 5.73 Å². The monoisotopic (exact) mass is 311 g/mol. The minimum absolute atomic E-state index is 0.140. The molecular weight excluding hydrogens is 282 g/mol. The summed E-state index contributed by atoms with van der Waals surface area (Å²) in [6, 6.07) is 6.00. The maximum absolute atomic E-state index is 6.29. The van der Waals surface area contributed by atoms with Gasteiger partial charge in [-0.2, -0.15) is 0 Å². The van der Waals surface area contributed by atoms with Crippen LogP contribution in [0.5, 0.6) is 5.75 Å². The van der Waals surface area contributed by atoms with Crippen LogP contribution in [0, 0.1) is 0 Å². The van der Waals surface area contributed by atoms with E-state index in [2.05, 4.69) is 13.8 Å². The van der Waals surface area contributed by atoms with Crippen LogP contribution in [0.3, 0.4) is 0 Å². The highest BCUT2D eigenvalue weighted by Crippen LogP contribution is 2.28. The highest BCUT2D eigenvalue weighted by molar-refractivity contribution is 6.31. The van der Waals surface area contributed by atoms with E-state index >= 15 is 0 Å². The fourth-order valence-corrected chi connectivity index (χ4v) is 2.59. The first-order valence-electron chi connectivity index (χ1n) is 8.34. The van der Waals surface area contributed by atoms with Gasteiger partial charge in [-0.25, -0.2) is 0 Å². The van der Waals surface area contributed by atoms with Crippen LogP contribution in [-0.2, 0) is 6.42 Å². The number of halogens is 1. The Kier molecular flexibility index (Phi) is 9.53. The molecular formula is C18H30ClNO. The van der Waals surface area contributed by atoms with E-state index in [-0.39, 0.29) is 6.04 Å². The smallest absolute Gasteiger partial charge is 0.124 e. The molecule has 0 bridgehead atoms. The summed E-state index contributed by atoms with van der Waals surface area (Å²) >= 11 is 6.29. The van der Waals surface area contributed by atoms with Crippen LogP contribution in [0.15, 0.2) is 18.2 Å². The van der Waals surface area contributed by atoms with Crippen molar-refractivity contribution in [1.82, 2.24) is 0 Å². The van der Waals surface area contributed by atoms with Crippen molar-refractivity contribution in [2.45, 2.75) is 71.3 Å².